The van der Waals surface area contributed by atoms with E-state index in [9.17, 15) is 14.4 Å². The number of rotatable bonds is 2. The van der Waals surface area contributed by atoms with Crippen LogP contribution in [0.15, 0.2) is 36.4 Å². The molecule has 5 nitrogen and oxygen atoms in total. The van der Waals surface area contributed by atoms with Crippen molar-refractivity contribution in [3.05, 3.63) is 47.8 Å². The lowest BCUT2D eigenvalue weighted by molar-refractivity contribution is -0.125. The van der Waals surface area contributed by atoms with Crippen molar-refractivity contribution in [2.24, 2.45) is 5.73 Å². The number of benzene rings is 2. The third kappa shape index (κ3) is 2.32. The number of amides is 1. The summed E-state index contributed by atoms with van der Waals surface area (Å²) in [5.74, 6) is -0.867. The monoisotopic (exact) mass is 302 g/mol. The summed E-state index contributed by atoms with van der Waals surface area (Å²) in [6, 6.07) is 9.06. The fraction of sp³-hybridized carbons (Fsp3) is 0.188. The second-order valence-electron chi connectivity index (χ2n) is 5.15. The molecule has 0 bridgehead atoms. The van der Waals surface area contributed by atoms with Crippen LogP contribution in [0.1, 0.15) is 5.56 Å². The molecule has 1 unspecified atom stereocenters. The number of methoxy groups -OCH3 is 1. The minimum Gasteiger partial charge on any atom is -0.494 e. The van der Waals surface area contributed by atoms with Crippen molar-refractivity contribution in [3.63, 3.8) is 0 Å². The summed E-state index contributed by atoms with van der Waals surface area (Å²) in [5.41, 5.74) is 8.12. The first-order valence-corrected chi connectivity index (χ1v) is 6.76. The summed E-state index contributed by atoms with van der Waals surface area (Å²) in [6.07, 6.45) is 0.364. The first-order chi connectivity index (χ1) is 10.5. The van der Waals surface area contributed by atoms with Crippen LogP contribution < -0.4 is 15.5 Å². The molecule has 3 rings (SSSR count). The molecule has 2 aromatic carbocycles. The fourth-order valence-electron chi connectivity index (χ4n) is 2.56. The number of ether oxygens (including phenoxy) is 1. The van der Waals surface area contributed by atoms with E-state index in [4.69, 9.17) is 10.5 Å². The quantitative estimate of drug-likeness (QED) is 0.833. The van der Waals surface area contributed by atoms with Gasteiger partial charge in [-0.3, -0.25) is 10.0 Å². The van der Waals surface area contributed by atoms with Crippen LogP contribution >= 0.6 is 0 Å². The molecule has 6 heteroatoms. The van der Waals surface area contributed by atoms with E-state index in [-0.39, 0.29) is 5.75 Å². The Morgan fingerprint density at radius 2 is 1.95 bits per heavy atom. The number of carbonyl (C=O) groups is 1. The maximum atomic E-state index is 13.8. The Morgan fingerprint density at radius 1 is 1.27 bits per heavy atom. The molecule has 0 aliphatic carbocycles. The van der Waals surface area contributed by atoms with E-state index in [0.29, 0.717) is 28.3 Å². The number of hydrogen-bond donors (Lipinski definition) is 2. The summed E-state index contributed by atoms with van der Waals surface area (Å²) >= 11 is 0. The van der Waals surface area contributed by atoms with Crippen molar-refractivity contribution in [3.8, 4) is 16.9 Å². The van der Waals surface area contributed by atoms with E-state index in [1.54, 1.807) is 24.3 Å². The van der Waals surface area contributed by atoms with Gasteiger partial charge in [0.25, 0.3) is 5.91 Å². The average Bonchev–Trinajstić information content (AvgIpc) is 2.52. The number of halogens is 1. The molecule has 1 aliphatic heterocycles. The van der Waals surface area contributed by atoms with Crippen LogP contribution in [0.2, 0.25) is 0 Å². The molecule has 22 heavy (non-hydrogen) atoms. The first kappa shape index (κ1) is 14.5. The molecular weight excluding hydrogens is 287 g/mol. The Hall–Kier alpha value is -2.44. The van der Waals surface area contributed by atoms with Crippen molar-refractivity contribution in [1.29, 1.82) is 0 Å². The van der Waals surface area contributed by atoms with E-state index < -0.39 is 17.8 Å². The van der Waals surface area contributed by atoms with Crippen LogP contribution in [-0.4, -0.2) is 24.3 Å². The molecule has 1 aliphatic rings. The lowest BCUT2D eigenvalue weighted by Gasteiger charge is -2.28. The lowest BCUT2D eigenvalue weighted by atomic mass is 9.95. The van der Waals surface area contributed by atoms with Gasteiger partial charge in [-0.25, -0.2) is 4.39 Å². The number of hydroxylamine groups is 1. The molecule has 1 heterocycles. The van der Waals surface area contributed by atoms with Gasteiger partial charge in [0.15, 0.2) is 11.6 Å². The predicted molar refractivity (Wildman–Crippen MR) is 79.3 cm³/mol. The van der Waals surface area contributed by atoms with Gasteiger partial charge >= 0.3 is 0 Å². The number of nitrogens with two attached hydrogens (primary N) is 1. The number of carbonyl (C=O) groups excluding carboxylic acids is 1. The highest BCUT2D eigenvalue weighted by Gasteiger charge is 2.29. The van der Waals surface area contributed by atoms with E-state index >= 15 is 0 Å². The normalized spacial score (nSPS) is 17.4. The summed E-state index contributed by atoms with van der Waals surface area (Å²) < 4.78 is 18.7. The maximum absolute atomic E-state index is 13.8. The summed E-state index contributed by atoms with van der Waals surface area (Å²) in [4.78, 5) is 11.7. The molecule has 0 aromatic heterocycles. The van der Waals surface area contributed by atoms with Crippen molar-refractivity contribution in [2.45, 2.75) is 12.5 Å². The minimum atomic E-state index is -0.748. The molecule has 1 atom stereocenters. The van der Waals surface area contributed by atoms with E-state index in [1.807, 2.05) is 0 Å². The molecule has 0 spiro atoms. The molecule has 0 saturated carbocycles. The Labute approximate surface area is 126 Å². The summed E-state index contributed by atoms with van der Waals surface area (Å²) in [6.45, 7) is 0. The highest BCUT2D eigenvalue weighted by molar-refractivity contribution is 5.98. The van der Waals surface area contributed by atoms with Gasteiger partial charge in [0.05, 0.1) is 18.8 Å². The Kier molecular flexibility index (Phi) is 3.56. The van der Waals surface area contributed by atoms with Crippen molar-refractivity contribution >= 4 is 11.6 Å². The fourth-order valence-corrected chi connectivity index (χ4v) is 2.56. The van der Waals surface area contributed by atoms with Gasteiger partial charge in [0, 0.05) is 0 Å². The lowest BCUT2D eigenvalue weighted by Crippen LogP contribution is -2.47. The van der Waals surface area contributed by atoms with E-state index in [0.717, 1.165) is 5.56 Å². The SMILES string of the molecule is COc1ccc(-c2ccc3c(c2)N(O)C(=O)C(N)C3)cc1F. The summed E-state index contributed by atoms with van der Waals surface area (Å²) in [7, 11) is 1.40. The van der Waals surface area contributed by atoms with Crippen LogP contribution in [0, 0.1) is 5.82 Å². The maximum Gasteiger partial charge on any atom is 0.267 e. The van der Waals surface area contributed by atoms with Gasteiger partial charge in [-0.2, -0.15) is 5.06 Å². The molecule has 1 amide bonds. The Balaban J connectivity index is 2.04. The minimum absolute atomic E-state index is 0.159. The van der Waals surface area contributed by atoms with Gasteiger partial charge in [-0.1, -0.05) is 18.2 Å². The Morgan fingerprint density at radius 3 is 2.64 bits per heavy atom. The zero-order chi connectivity index (χ0) is 15.9. The van der Waals surface area contributed by atoms with Crippen LogP contribution in [0.25, 0.3) is 11.1 Å². The second-order valence-corrected chi connectivity index (χ2v) is 5.15. The molecule has 3 N–H and O–H groups in total. The van der Waals surface area contributed by atoms with Crippen LogP contribution in [-0.2, 0) is 11.2 Å². The molecule has 0 saturated heterocycles. The van der Waals surface area contributed by atoms with Gasteiger partial charge in [0.2, 0.25) is 0 Å². The highest BCUT2D eigenvalue weighted by atomic mass is 19.1. The average molecular weight is 302 g/mol. The summed E-state index contributed by atoms with van der Waals surface area (Å²) in [5, 5.41) is 10.5. The van der Waals surface area contributed by atoms with Crippen molar-refractivity contribution in [2.75, 3.05) is 12.2 Å². The molecule has 114 valence electrons. The standard InChI is InChI=1S/C16H15FN2O3/c1-22-15-5-4-9(6-12(15)17)10-2-3-11-7-13(18)16(20)19(21)14(11)8-10/h2-6,8,13,21H,7,18H2,1H3. The number of hydrogen-bond acceptors (Lipinski definition) is 4. The number of anilines is 1. The molecule has 0 fully saturated rings. The van der Waals surface area contributed by atoms with Crippen LogP contribution in [0.4, 0.5) is 10.1 Å². The molecular formula is C16H15FN2O3. The van der Waals surface area contributed by atoms with E-state index in [1.165, 1.54) is 19.2 Å². The van der Waals surface area contributed by atoms with Gasteiger partial charge < -0.3 is 10.5 Å². The van der Waals surface area contributed by atoms with Gasteiger partial charge in [-0.15, -0.1) is 0 Å². The zero-order valence-corrected chi connectivity index (χ0v) is 11.9. The zero-order valence-electron chi connectivity index (χ0n) is 11.9. The topological polar surface area (TPSA) is 75.8 Å². The largest absolute Gasteiger partial charge is 0.494 e. The third-order valence-electron chi connectivity index (χ3n) is 3.76. The van der Waals surface area contributed by atoms with Gasteiger partial charge in [-0.05, 0) is 41.3 Å². The number of nitrogens with zero attached hydrogens (tertiary/aromatic N) is 1. The smallest absolute Gasteiger partial charge is 0.267 e. The molecule has 0 radical (unpaired) electrons. The van der Waals surface area contributed by atoms with Crippen molar-refractivity contribution < 1.29 is 19.1 Å². The second kappa shape index (κ2) is 5.40. The Bertz CT molecular complexity index is 748. The van der Waals surface area contributed by atoms with Gasteiger partial charge in [0.1, 0.15) is 0 Å². The van der Waals surface area contributed by atoms with Crippen molar-refractivity contribution in [1.82, 2.24) is 0 Å². The first-order valence-electron chi connectivity index (χ1n) is 6.76. The highest BCUT2D eigenvalue weighted by Crippen LogP contribution is 2.32. The third-order valence-corrected chi connectivity index (χ3v) is 3.76. The molecule has 2 aromatic rings. The number of fused-ring (bicyclic) bond motifs is 1. The van der Waals surface area contributed by atoms with Crippen LogP contribution in [0.5, 0.6) is 5.75 Å². The van der Waals surface area contributed by atoms with E-state index in [2.05, 4.69) is 0 Å². The van der Waals surface area contributed by atoms with Crippen LogP contribution in [0.3, 0.4) is 0 Å². The predicted octanol–water partition coefficient (Wildman–Crippen LogP) is 2.11.